The van der Waals surface area contributed by atoms with Crippen molar-refractivity contribution in [3.8, 4) is 11.1 Å². The van der Waals surface area contributed by atoms with Crippen molar-refractivity contribution in [1.82, 2.24) is 4.90 Å². The molecule has 2 aromatic rings. The van der Waals surface area contributed by atoms with Gasteiger partial charge in [-0.1, -0.05) is 43.3 Å². The molecule has 0 aromatic heterocycles. The summed E-state index contributed by atoms with van der Waals surface area (Å²) >= 11 is 3.53. The van der Waals surface area contributed by atoms with Gasteiger partial charge in [-0.25, -0.2) is 13.2 Å². The van der Waals surface area contributed by atoms with Gasteiger partial charge in [0.2, 0.25) is 0 Å². The molecule has 1 saturated heterocycles. The zero-order valence-electron chi connectivity index (χ0n) is 17.2. The molecule has 0 radical (unpaired) electrons. The fourth-order valence-corrected chi connectivity index (χ4v) is 2.96. The summed E-state index contributed by atoms with van der Waals surface area (Å²) in [6.07, 6.45) is 0.980. The van der Waals surface area contributed by atoms with Gasteiger partial charge in [0.25, 0.3) is 5.91 Å². The van der Waals surface area contributed by atoms with E-state index in [1.165, 1.54) is 23.1 Å². The number of rotatable bonds is 4. The van der Waals surface area contributed by atoms with Gasteiger partial charge in [-0.3, -0.25) is 4.79 Å². The second kappa shape index (κ2) is 12.6. The number of hydrogen-bond donors (Lipinski definition) is 3. The van der Waals surface area contributed by atoms with Crippen LogP contribution in [0, 0.1) is 11.6 Å². The van der Waals surface area contributed by atoms with Gasteiger partial charge in [-0.15, -0.1) is 0 Å². The average Bonchev–Trinajstić information content (AvgIpc) is 3.18. The molecular formula is C22H29F3N2O2S. The number of alkyl halides is 1. The summed E-state index contributed by atoms with van der Waals surface area (Å²) in [6, 6.07) is 12.5. The molecule has 30 heavy (non-hydrogen) atoms. The lowest BCUT2D eigenvalue weighted by Crippen LogP contribution is -2.47. The number of carbonyl (C=O) groups excluding carboxylic acids is 1. The Labute approximate surface area is 181 Å². The molecule has 0 spiro atoms. The highest BCUT2D eigenvalue weighted by Crippen LogP contribution is 2.25. The van der Waals surface area contributed by atoms with E-state index in [9.17, 15) is 18.0 Å². The van der Waals surface area contributed by atoms with Crippen LogP contribution in [0.3, 0.4) is 0 Å². The van der Waals surface area contributed by atoms with E-state index in [0.29, 0.717) is 18.5 Å². The van der Waals surface area contributed by atoms with Crippen LogP contribution in [0.2, 0.25) is 0 Å². The number of benzene rings is 2. The second-order valence-corrected chi connectivity index (χ2v) is 6.87. The molecule has 1 aliphatic rings. The largest absolute Gasteiger partial charge is 0.394 e. The van der Waals surface area contributed by atoms with Gasteiger partial charge in [0.1, 0.15) is 11.6 Å². The minimum absolute atomic E-state index is 0.0353. The lowest BCUT2D eigenvalue weighted by molar-refractivity contribution is -0.135. The number of hydrogen-bond acceptors (Lipinski definition) is 4. The highest BCUT2D eigenvalue weighted by molar-refractivity contribution is 7.79. The number of halogens is 3. The molecule has 1 fully saturated rings. The Hall–Kier alpha value is -2.03. The molecule has 0 saturated carbocycles. The zero-order valence-corrected chi connectivity index (χ0v) is 18.1. The van der Waals surface area contributed by atoms with Gasteiger partial charge < -0.3 is 15.7 Å². The summed E-state index contributed by atoms with van der Waals surface area (Å²) < 4.78 is 39.6. The van der Waals surface area contributed by atoms with Gasteiger partial charge in [0, 0.05) is 13.1 Å². The molecule has 4 nitrogen and oxygen atoms in total. The summed E-state index contributed by atoms with van der Waals surface area (Å²) in [5, 5.41) is 8.96. The highest BCUT2D eigenvalue weighted by atomic mass is 32.1. The van der Waals surface area contributed by atoms with E-state index in [4.69, 9.17) is 10.8 Å². The lowest BCUT2D eigenvalue weighted by atomic mass is 10.0. The Morgan fingerprint density at radius 1 is 1.17 bits per heavy atom. The number of carbonyl (C=O) groups is 1. The average molecular weight is 443 g/mol. The van der Waals surface area contributed by atoms with Gasteiger partial charge in [-0.05, 0) is 36.8 Å². The first-order valence-electron chi connectivity index (χ1n) is 9.58. The van der Waals surface area contributed by atoms with Crippen molar-refractivity contribution in [3.05, 3.63) is 60.2 Å². The Bertz CT molecular complexity index is 775. The monoisotopic (exact) mass is 442 g/mol. The van der Waals surface area contributed by atoms with Crippen molar-refractivity contribution in [2.24, 2.45) is 5.73 Å². The van der Waals surface area contributed by atoms with E-state index >= 15 is 0 Å². The van der Waals surface area contributed by atoms with Crippen LogP contribution >= 0.6 is 12.6 Å². The summed E-state index contributed by atoms with van der Waals surface area (Å²) in [6.45, 7) is 2.15. The first-order chi connectivity index (χ1) is 14.3. The fraction of sp³-hybridized carbons (Fsp3) is 0.409. The molecule has 8 heteroatoms. The Balaban J connectivity index is 0.000000277. The number of aliphatic hydroxyl groups is 1. The van der Waals surface area contributed by atoms with Crippen molar-refractivity contribution in [2.75, 3.05) is 26.0 Å². The molecule has 1 amide bonds. The normalized spacial score (nSPS) is 18.6. The van der Waals surface area contributed by atoms with Crippen LogP contribution in [0.15, 0.2) is 48.5 Å². The lowest BCUT2D eigenvalue weighted by Gasteiger charge is -2.22. The molecule has 2 aromatic carbocycles. The Kier molecular flexibility index (Phi) is 10.9. The number of nitrogens with zero attached hydrogens (tertiary/aromatic N) is 1. The zero-order chi connectivity index (χ0) is 22.7. The van der Waals surface area contributed by atoms with Crippen molar-refractivity contribution >= 4 is 18.5 Å². The minimum Gasteiger partial charge on any atom is -0.394 e. The van der Waals surface area contributed by atoms with E-state index in [0.717, 1.165) is 0 Å². The van der Waals surface area contributed by atoms with Crippen LogP contribution in [0.4, 0.5) is 13.2 Å². The third-order valence-corrected chi connectivity index (χ3v) is 4.66. The van der Waals surface area contributed by atoms with Crippen LogP contribution < -0.4 is 5.73 Å². The van der Waals surface area contributed by atoms with Gasteiger partial charge in [-0.2, -0.15) is 12.6 Å². The van der Waals surface area contributed by atoms with E-state index < -0.39 is 29.3 Å². The molecule has 0 bridgehead atoms. The molecule has 0 aliphatic carbocycles. The maximum absolute atomic E-state index is 13.3. The van der Waals surface area contributed by atoms with E-state index in [2.05, 4.69) is 12.6 Å². The maximum atomic E-state index is 13.3. The number of nitrogens with two attached hydrogens (primary N) is 1. The SMILES string of the molecule is CC[C@H](F)C(=O)N1CCC(N)(CO)C1.CS.Fc1cccc(F)c1-c1ccccc1. The van der Waals surface area contributed by atoms with Crippen molar-refractivity contribution < 1.29 is 23.1 Å². The molecule has 3 rings (SSSR count). The molecular weight excluding hydrogens is 413 g/mol. The summed E-state index contributed by atoms with van der Waals surface area (Å²) in [5.41, 5.74) is 5.62. The van der Waals surface area contributed by atoms with Gasteiger partial charge in [0.05, 0.1) is 17.7 Å². The topological polar surface area (TPSA) is 66.6 Å². The van der Waals surface area contributed by atoms with E-state index in [1.807, 2.05) is 6.07 Å². The molecule has 2 atom stereocenters. The van der Waals surface area contributed by atoms with Gasteiger partial charge >= 0.3 is 0 Å². The Morgan fingerprint density at radius 2 is 1.73 bits per heavy atom. The van der Waals surface area contributed by atoms with Crippen LogP contribution in [0.5, 0.6) is 0 Å². The van der Waals surface area contributed by atoms with Gasteiger partial charge in [0.15, 0.2) is 6.17 Å². The number of amides is 1. The summed E-state index contributed by atoms with van der Waals surface area (Å²) in [4.78, 5) is 12.8. The van der Waals surface area contributed by atoms with Crippen LogP contribution in [0.1, 0.15) is 19.8 Å². The molecule has 1 unspecified atom stereocenters. The standard InChI is InChI=1S/C12H8F2.C9H17FN2O2.CH4S/c13-10-7-4-8-11(14)12(10)9-5-2-1-3-6-9;1-2-7(10)8(14)12-4-3-9(11,5-12)6-13;1-2/h1-8H;7,13H,2-6,11H2,1H3;2H,1H3/t;7-,9?;/m.0./s1. The van der Waals surface area contributed by atoms with Crippen molar-refractivity contribution in [3.63, 3.8) is 0 Å². The van der Waals surface area contributed by atoms with Crippen molar-refractivity contribution in [1.29, 1.82) is 0 Å². The van der Waals surface area contributed by atoms with Crippen LogP contribution in [0.25, 0.3) is 11.1 Å². The Morgan fingerprint density at radius 3 is 2.20 bits per heavy atom. The quantitative estimate of drug-likeness (QED) is 0.631. The highest BCUT2D eigenvalue weighted by Gasteiger charge is 2.37. The van der Waals surface area contributed by atoms with E-state index in [1.54, 1.807) is 37.4 Å². The predicted molar refractivity (Wildman–Crippen MR) is 117 cm³/mol. The van der Waals surface area contributed by atoms with Crippen molar-refractivity contribution in [2.45, 2.75) is 31.5 Å². The smallest absolute Gasteiger partial charge is 0.257 e. The third kappa shape index (κ3) is 7.04. The predicted octanol–water partition coefficient (Wildman–Crippen LogP) is 3.83. The fourth-order valence-electron chi connectivity index (χ4n) is 2.96. The third-order valence-electron chi connectivity index (χ3n) is 4.66. The van der Waals surface area contributed by atoms with E-state index in [-0.39, 0.29) is 25.1 Å². The second-order valence-electron chi connectivity index (χ2n) is 6.87. The molecule has 1 aliphatic heterocycles. The summed E-state index contributed by atoms with van der Waals surface area (Å²) in [7, 11) is 0. The maximum Gasteiger partial charge on any atom is 0.257 e. The molecule has 1 heterocycles. The molecule has 3 N–H and O–H groups in total. The summed E-state index contributed by atoms with van der Waals surface area (Å²) in [5.74, 6) is -1.57. The van der Waals surface area contributed by atoms with Crippen LogP contribution in [-0.4, -0.2) is 53.6 Å². The van der Waals surface area contributed by atoms with Crippen LogP contribution in [-0.2, 0) is 4.79 Å². The first-order valence-corrected chi connectivity index (χ1v) is 10.5. The first kappa shape index (κ1) is 26.0. The number of aliphatic hydroxyl groups excluding tert-OH is 1. The molecule has 166 valence electrons. The number of thiol groups is 1. The number of likely N-dealkylation sites (tertiary alicyclic amines) is 1. The minimum atomic E-state index is -1.43.